The number of nitrogens with one attached hydrogen (secondary N) is 1. The van der Waals surface area contributed by atoms with Crippen LogP contribution < -0.4 is 10.2 Å². The van der Waals surface area contributed by atoms with Crippen molar-refractivity contribution in [3.63, 3.8) is 0 Å². The standard InChI is InChI=1S/C26H22F4N4O2S/c1-2-33-7-9-34(10-8-33)21-6-4-16(13-19(21)27)17-14-23(26(28,29)30)31-20-5-3-15(11-18(17)20)12-22-24(35)32-25(36)37-22/h3-6,11-14H,2,7-10H2,1H3,(H,32,35,36). The molecule has 2 amide bonds. The first kappa shape index (κ1) is 25.2. The normalized spacial score (nSPS) is 18.2. The highest BCUT2D eigenvalue weighted by Crippen LogP contribution is 2.37. The van der Waals surface area contributed by atoms with Gasteiger partial charge in [-0.05, 0) is 71.4 Å². The highest BCUT2D eigenvalue weighted by atomic mass is 32.2. The molecule has 5 rings (SSSR count). The maximum Gasteiger partial charge on any atom is 0.433 e. The number of aromatic nitrogens is 1. The second-order valence-corrected chi connectivity index (χ2v) is 9.78. The Morgan fingerprint density at radius 1 is 1.05 bits per heavy atom. The van der Waals surface area contributed by atoms with Crippen molar-refractivity contribution in [1.82, 2.24) is 15.2 Å². The summed E-state index contributed by atoms with van der Waals surface area (Å²) in [5.74, 6) is -1.06. The number of piperazine rings is 1. The van der Waals surface area contributed by atoms with Gasteiger partial charge in [-0.1, -0.05) is 19.1 Å². The number of rotatable bonds is 4. The highest BCUT2D eigenvalue weighted by molar-refractivity contribution is 8.18. The van der Waals surface area contributed by atoms with E-state index in [4.69, 9.17) is 0 Å². The molecule has 0 spiro atoms. The van der Waals surface area contributed by atoms with Crippen LogP contribution in [0.4, 0.5) is 28.0 Å². The van der Waals surface area contributed by atoms with Crippen LogP contribution in [0.5, 0.6) is 0 Å². The molecular weight excluding hydrogens is 508 g/mol. The third kappa shape index (κ3) is 5.19. The smallest absolute Gasteiger partial charge is 0.367 e. The lowest BCUT2D eigenvalue weighted by molar-refractivity contribution is -0.140. The minimum absolute atomic E-state index is 0.0757. The molecule has 0 radical (unpaired) electrons. The summed E-state index contributed by atoms with van der Waals surface area (Å²) in [5.41, 5.74) is 0.337. The number of thioether (sulfide) groups is 1. The molecule has 3 aromatic rings. The molecule has 37 heavy (non-hydrogen) atoms. The van der Waals surface area contributed by atoms with Crippen LogP contribution in [-0.2, 0) is 11.0 Å². The summed E-state index contributed by atoms with van der Waals surface area (Å²) < 4.78 is 56.2. The molecule has 0 atom stereocenters. The second kappa shape index (κ2) is 9.79. The molecule has 2 saturated heterocycles. The fourth-order valence-electron chi connectivity index (χ4n) is 4.53. The van der Waals surface area contributed by atoms with Gasteiger partial charge in [0.15, 0.2) is 0 Å². The van der Waals surface area contributed by atoms with E-state index in [0.717, 1.165) is 37.5 Å². The Hall–Kier alpha value is -3.44. The van der Waals surface area contributed by atoms with Gasteiger partial charge in [0.2, 0.25) is 0 Å². The van der Waals surface area contributed by atoms with Crippen molar-refractivity contribution >= 4 is 45.6 Å². The molecule has 2 aliphatic heterocycles. The molecule has 2 fully saturated rings. The van der Waals surface area contributed by atoms with Gasteiger partial charge < -0.3 is 9.80 Å². The summed E-state index contributed by atoms with van der Waals surface area (Å²) in [5, 5.41) is 2.02. The zero-order chi connectivity index (χ0) is 26.3. The first-order valence-electron chi connectivity index (χ1n) is 11.7. The van der Waals surface area contributed by atoms with E-state index in [2.05, 4.69) is 22.1 Å². The Morgan fingerprint density at radius 2 is 1.81 bits per heavy atom. The molecule has 2 aromatic carbocycles. The minimum atomic E-state index is -4.69. The molecular formula is C26H22F4N4O2S. The number of imide groups is 1. The lowest BCUT2D eigenvalue weighted by Crippen LogP contribution is -2.46. The van der Waals surface area contributed by atoms with Gasteiger partial charge >= 0.3 is 6.18 Å². The van der Waals surface area contributed by atoms with Crippen LogP contribution in [0.3, 0.4) is 0 Å². The number of pyridine rings is 1. The van der Waals surface area contributed by atoms with Crippen molar-refractivity contribution in [3.8, 4) is 11.1 Å². The number of benzene rings is 2. The summed E-state index contributed by atoms with van der Waals surface area (Å²) in [6, 6.07) is 9.89. The van der Waals surface area contributed by atoms with Crippen LogP contribution in [0.15, 0.2) is 47.4 Å². The lowest BCUT2D eigenvalue weighted by atomic mass is 9.97. The number of fused-ring (bicyclic) bond motifs is 1. The van der Waals surface area contributed by atoms with Gasteiger partial charge in [0.25, 0.3) is 11.1 Å². The van der Waals surface area contributed by atoms with Crippen LogP contribution in [0, 0.1) is 5.82 Å². The Labute approximate surface area is 214 Å². The largest absolute Gasteiger partial charge is 0.433 e. The summed E-state index contributed by atoms with van der Waals surface area (Å²) >= 11 is 0.739. The van der Waals surface area contributed by atoms with Crippen molar-refractivity contribution < 1.29 is 27.2 Å². The Bertz CT molecular complexity index is 1430. The van der Waals surface area contributed by atoms with E-state index >= 15 is 4.39 Å². The average molecular weight is 531 g/mol. The average Bonchev–Trinajstić information content (AvgIpc) is 3.19. The van der Waals surface area contributed by atoms with Gasteiger partial charge in [0.05, 0.1) is 16.1 Å². The van der Waals surface area contributed by atoms with Crippen LogP contribution in [0.1, 0.15) is 18.2 Å². The molecule has 2 aliphatic rings. The number of nitrogens with zero attached hydrogens (tertiary/aromatic N) is 3. The summed E-state index contributed by atoms with van der Waals surface area (Å²) in [4.78, 5) is 31.5. The maximum absolute atomic E-state index is 15.3. The number of likely N-dealkylation sites (N-methyl/N-ethyl adjacent to an activating group) is 1. The minimum Gasteiger partial charge on any atom is -0.367 e. The maximum atomic E-state index is 15.3. The number of halogens is 4. The Kier molecular flexibility index (Phi) is 6.67. The van der Waals surface area contributed by atoms with E-state index in [1.54, 1.807) is 18.2 Å². The predicted octanol–water partition coefficient (Wildman–Crippen LogP) is 5.53. The van der Waals surface area contributed by atoms with E-state index in [1.807, 2.05) is 4.90 Å². The zero-order valence-electron chi connectivity index (χ0n) is 19.7. The van der Waals surface area contributed by atoms with Gasteiger partial charge in [-0.15, -0.1) is 0 Å². The van der Waals surface area contributed by atoms with Crippen LogP contribution in [0.2, 0.25) is 0 Å². The molecule has 192 valence electrons. The van der Waals surface area contributed by atoms with E-state index in [-0.39, 0.29) is 21.5 Å². The molecule has 0 bridgehead atoms. The molecule has 0 saturated carbocycles. The van der Waals surface area contributed by atoms with E-state index in [9.17, 15) is 22.8 Å². The quantitative estimate of drug-likeness (QED) is 0.354. The number of carbonyl (C=O) groups is 2. The third-order valence-electron chi connectivity index (χ3n) is 6.48. The van der Waals surface area contributed by atoms with Crippen molar-refractivity contribution in [2.75, 3.05) is 37.6 Å². The molecule has 0 unspecified atom stereocenters. The van der Waals surface area contributed by atoms with Crippen molar-refractivity contribution in [2.24, 2.45) is 0 Å². The predicted molar refractivity (Wildman–Crippen MR) is 136 cm³/mol. The van der Waals surface area contributed by atoms with Crippen molar-refractivity contribution in [3.05, 3.63) is 64.4 Å². The van der Waals surface area contributed by atoms with Gasteiger partial charge in [0, 0.05) is 31.6 Å². The van der Waals surface area contributed by atoms with Crippen LogP contribution >= 0.6 is 11.8 Å². The first-order valence-corrected chi connectivity index (χ1v) is 12.5. The highest BCUT2D eigenvalue weighted by Gasteiger charge is 2.34. The molecule has 6 nitrogen and oxygen atoms in total. The summed E-state index contributed by atoms with van der Waals surface area (Å²) in [6.07, 6.45) is -3.22. The Morgan fingerprint density at radius 3 is 2.43 bits per heavy atom. The first-order chi connectivity index (χ1) is 17.6. The molecule has 1 N–H and O–H groups in total. The van der Waals surface area contributed by atoms with E-state index in [0.29, 0.717) is 29.7 Å². The summed E-state index contributed by atoms with van der Waals surface area (Å²) in [7, 11) is 0. The molecule has 11 heteroatoms. The number of alkyl halides is 3. The lowest BCUT2D eigenvalue weighted by Gasteiger charge is -2.35. The summed E-state index contributed by atoms with van der Waals surface area (Å²) in [6.45, 7) is 5.93. The molecule has 0 aliphatic carbocycles. The Balaban J connectivity index is 1.58. The number of carbonyl (C=O) groups excluding carboxylic acids is 2. The van der Waals surface area contributed by atoms with Crippen LogP contribution in [0.25, 0.3) is 28.1 Å². The van der Waals surface area contributed by atoms with E-state index < -0.39 is 28.8 Å². The fraction of sp³-hybridized carbons (Fsp3) is 0.269. The van der Waals surface area contributed by atoms with Gasteiger partial charge in [0.1, 0.15) is 11.5 Å². The number of amides is 2. The number of hydrogen-bond acceptors (Lipinski definition) is 6. The number of hydrogen-bond donors (Lipinski definition) is 1. The van der Waals surface area contributed by atoms with Gasteiger partial charge in [-0.2, -0.15) is 13.2 Å². The van der Waals surface area contributed by atoms with Gasteiger partial charge in [-0.25, -0.2) is 9.37 Å². The van der Waals surface area contributed by atoms with Crippen molar-refractivity contribution in [1.29, 1.82) is 0 Å². The molecule has 3 heterocycles. The SMILES string of the molecule is CCN1CCN(c2ccc(-c3cc(C(F)(F)F)nc4ccc(C=C5SC(=O)NC5=O)cc34)cc2F)CC1. The zero-order valence-corrected chi connectivity index (χ0v) is 20.5. The third-order valence-corrected chi connectivity index (χ3v) is 7.29. The fourth-order valence-corrected chi connectivity index (χ4v) is 5.21. The van der Waals surface area contributed by atoms with E-state index in [1.165, 1.54) is 24.3 Å². The second-order valence-electron chi connectivity index (χ2n) is 8.77. The van der Waals surface area contributed by atoms with Crippen molar-refractivity contribution in [2.45, 2.75) is 13.1 Å². The van der Waals surface area contributed by atoms with Crippen LogP contribution in [-0.4, -0.2) is 53.8 Å². The monoisotopic (exact) mass is 530 g/mol. The molecule has 1 aromatic heterocycles. The number of anilines is 1. The van der Waals surface area contributed by atoms with Gasteiger partial charge in [-0.3, -0.25) is 14.9 Å². The topological polar surface area (TPSA) is 65.5 Å².